The highest BCUT2D eigenvalue weighted by molar-refractivity contribution is 7.94. The molecule has 1 N–H and O–H groups in total. The molecular formula is C12H14ClNO2S. The van der Waals surface area contributed by atoms with E-state index in [2.05, 4.69) is 5.32 Å². The van der Waals surface area contributed by atoms with Crippen LogP contribution in [0.25, 0.3) is 0 Å². The minimum atomic E-state index is -2.99. The molecule has 17 heavy (non-hydrogen) atoms. The first-order valence-corrected chi connectivity index (χ1v) is 7.45. The summed E-state index contributed by atoms with van der Waals surface area (Å²) in [5.41, 5.74) is 2.09. The second-order valence-corrected chi connectivity index (χ2v) is 6.58. The molecule has 0 saturated heterocycles. The van der Waals surface area contributed by atoms with Crippen LogP contribution in [0.4, 0.5) is 0 Å². The molecule has 5 heteroatoms. The summed E-state index contributed by atoms with van der Waals surface area (Å²) in [6, 6.07) is 5.74. The van der Waals surface area contributed by atoms with E-state index in [1.165, 1.54) is 5.41 Å². The van der Waals surface area contributed by atoms with Crippen molar-refractivity contribution in [3.05, 3.63) is 45.8 Å². The summed E-state index contributed by atoms with van der Waals surface area (Å²) in [6.45, 7) is 2.55. The molecule has 0 fully saturated rings. The summed E-state index contributed by atoms with van der Waals surface area (Å²) in [4.78, 5) is 0. The van der Waals surface area contributed by atoms with Gasteiger partial charge in [-0.3, -0.25) is 0 Å². The van der Waals surface area contributed by atoms with Gasteiger partial charge in [-0.2, -0.15) is 0 Å². The van der Waals surface area contributed by atoms with Gasteiger partial charge in [0.15, 0.2) is 9.84 Å². The van der Waals surface area contributed by atoms with Crippen LogP contribution in [0.15, 0.2) is 29.7 Å². The first-order chi connectivity index (χ1) is 7.96. The molecule has 0 amide bonds. The normalized spacial score (nSPS) is 21.9. The Balaban J connectivity index is 1.97. The van der Waals surface area contributed by atoms with Crippen LogP contribution in [0.2, 0.25) is 5.02 Å². The Morgan fingerprint density at radius 3 is 2.82 bits per heavy atom. The first kappa shape index (κ1) is 12.6. The van der Waals surface area contributed by atoms with Gasteiger partial charge in [-0.15, -0.1) is 0 Å². The molecule has 0 bridgehead atoms. The number of sulfone groups is 1. The standard InChI is InChI=1S/C12H14ClNO2S/c1-9-2-3-10(12(13)6-9)7-14-11-4-5-17(15,16)8-11/h2-6,11,14H,7-8H2,1H3. The van der Waals surface area contributed by atoms with Gasteiger partial charge in [-0.25, -0.2) is 8.42 Å². The molecule has 0 aromatic heterocycles. The maximum absolute atomic E-state index is 11.2. The van der Waals surface area contributed by atoms with E-state index in [4.69, 9.17) is 11.6 Å². The zero-order chi connectivity index (χ0) is 12.5. The topological polar surface area (TPSA) is 46.2 Å². The molecule has 1 aliphatic rings. The third-order valence-electron chi connectivity index (χ3n) is 2.69. The van der Waals surface area contributed by atoms with Crippen molar-refractivity contribution in [1.29, 1.82) is 0 Å². The van der Waals surface area contributed by atoms with E-state index in [1.54, 1.807) is 6.08 Å². The number of aryl methyl sites for hydroxylation is 1. The molecule has 0 saturated carbocycles. The molecular weight excluding hydrogens is 258 g/mol. The summed E-state index contributed by atoms with van der Waals surface area (Å²) in [5, 5.41) is 5.14. The van der Waals surface area contributed by atoms with Crippen LogP contribution in [-0.4, -0.2) is 20.2 Å². The average Bonchev–Trinajstić information content (AvgIpc) is 2.57. The third kappa shape index (κ3) is 3.31. The van der Waals surface area contributed by atoms with E-state index < -0.39 is 9.84 Å². The molecule has 1 atom stereocenters. The summed E-state index contributed by atoms with van der Waals surface area (Å²) in [7, 11) is -2.99. The average molecular weight is 272 g/mol. The minimum absolute atomic E-state index is 0.114. The van der Waals surface area contributed by atoms with Crippen LogP contribution >= 0.6 is 11.6 Å². The van der Waals surface area contributed by atoms with Gasteiger partial charge in [0.1, 0.15) is 0 Å². The summed E-state index contributed by atoms with van der Waals surface area (Å²) < 4.78 is 22.4. The minimum Gasteiger partial charge on any atom is -0.305 e. The second kappa shape index (κ2) is 4.80. The van der Waals surface area contributed by atoms with E-state index in [-0.39, 0.29) is 11.8 Å². The van der Waals surface area contributed by atoms with Crippen LogP contribution in [0, 0.1) is 6.92 Å². The zero-order valence-corrected chi connectivity index (χ0v) is 11.1. The SMILES string of the molecule is Cc1ccc(CNC2C=CS(=O)(=O)C2)c(Cl)c1. The lowest BCUT2D eigenvalue weighted by atomic mass is 10.1. The van der Waals surface area contributed by atoms with Crippen LogP contribution in [0.3, 0.4) is 0 Å². The molecule has 1 aromatic carbocycles. The first-order valence-electron chi connectivity index (χ1n) is 5.36. The lowest BCUT2D eigenvalue weighted by Crippen LogP contribution is -2.29. The van der Waals surface area contributed by atoms with Crippen LogP contribution in [0.5, 0.6) is 0 Å². The van der Waals surface area contributed by atoms with Crippen LogP contribution < -0.4 is 5.32 Å². The Morgan fingerprint density at radius 1 is 1.47 bits per heavy atom. The number of hydrogen-bond acceptors (Lipinski definition) is 3. The van der Waals surface area contributed by atoms with Gasteiger partial charge in [0.2, 0.25) is 0 Å². The highest BCUT2D eigenvalue weighted by Gasteiger charge is 2.20. The molecule has 1 unspecified atom stereocenters. The van der Waals surface area contributed by atoms with Gasteiger partial charge in [0.25, 0.3) is 0 Å². The Kier molecular flexibility index (Phi) is 3.56. The van der Waals surface area contributed by atoms with E-state index in [9.17, 15) is 8.42 Å². The van der Waals surface area contributed by atoms with Gasteiger partial charge < -0.3 is 5.32 Å². The number of rotatable bonds is 3. The second-order valence-electron chi connectivity index (χ2n) is 4.24. The molecule has 3 nitrogen and oxygen atoms in total. The molecule has 92 valence electrons. The van der Waals surface area contributed by atoms with Gasteiger partial charge >= 0.3 is 0 Å². The Labute approximate surface area is 106 Å². The quantitative estimate of drug-likeness (QED) is 0.915. The highest BCUT2D eigenvalue weighted by atomic mass is 35.5. The van der Waals surface area contributed by atoms with Crippen molar-refractivity contribution >= 4 is 21.4 Å². The Hall–Kier alpha value is -0.840. The van der Waals surface area contributed by atoms with Gasteiger partial charge in [0.05, 0.1) is 5.75 Å². The fourth-order valence-electron chi connectivity index (χ4n) is 1.74. The van der Waals surface area contributed by atoms with Crippen molar-refractivity contribution in [3.8, 4) is 0 Å². The van der Waals surface area contributed by atoms with Gasteiger partial charge in [0, 0.05) is 23.0 Å². The molecule has 0 aliphatic carbocycles. The monoisotopic (exact) mass is 271 g/mol. The van der Waals surface area contributed by atoms with Crippen LogP contribution in [0.1, 0.15) is 11.1 Å². The molecule has 2 rings (SSSR count). The molecule has 0 radical (unpaired) electrons. The van der Waals surface area contributed by atoms with Crippen LogP contribution in [-0.2, 0) is 16.4 Å². The Morgan fingerprint density at radius 2 is 2.24 bits per heavy atom. The van der Waals surface area contributed by atoms with Crippen molar-refractivity contribution in [1.82, 2.24) is 5.32 Å². The molecule has 1 aliphatic heterocycles. The summed E-state index contributed by atoms with van der Waals surface area (Å²) >= 11 is 6.09. The zero-order valence-electron chi connectivity index (χ0n) is 9.48. The molecule has 1 aromatic rings. The lowest BCUT2D eigenvalue weighted by molar-refractivity contribution is 0.590. The van der Waals surface area contributed by atoms with Gasteiger partial charge in [-0.1, -0.05) is 29.8 Å². The number of nitrogens with one attached hydrogen (secondary N) is 1. The third-order valence-corrected chi connectivity index (χ3v) is 4.44. The number of hydrogen-bond donors (Lipinski definition) is 1. The van der Waals surface area contributed by atoms with Crippen molar-refractivity contribution < 1.29 is 8.42 Å². The van der Waals surface area contributed by atoms with E-state index in [0.29, 0.717) is 11.6 Å². The predicted molar refractivity (Wildman–Crippen MR) is 69.7 cm³/mol. The fourth-order valence-corrected chi connectivity index (χ4v) is 3.31. The smallest absolute Gasteiger partial charge is 0.173 e. The summed E-state index contributed by atoms with van der Waals surface area (Å²) in [6.07, 6.45) is 1.68. The summed E-state index contributed by atoms with van der Waals surface area (Å²) in [5.74, 6) is 0.135. The maximum atomic E-state index is 11.2. The predicted octanol–water partition coefficient (Wildman–Crippen LogP) is 2.05. The largest absolute Gasteiger partial charge is 0.305 e. The molecule has 1 heterocycles. The lowest BCUT2D eigenvalue weighted by Gasteiger charge is -2.11. The molecule has 0 spiro atoms. The fraction of sp³-hybridized carbons (Fsp3) is 0.333. The Bertz CT molecular complexity index is 552. The number of halogens is 1. The van der Waals surface area contributed by atoms with Crippen molar-refractivity contribution in [2.45, 2.75) is 19.5 Å². The van der Waals surface area contributed by atoms with E-state index in [0.717, 1.165) is 11.1 Å². The van der Waals surface area contributed by atoms with Crippen molar-refractivity contribution in [2.24, 2.45) is 0 Å². The van der Waals surface area contributed by atoms with E-state index in [1.807, 2.05) is 25.1 Å². The van der Waals surface area contributed by atoms with Gasteiger partial charge in [-0.05, 0) is 24.1 Å². The van der Waals surface area contributed by atoms with Crippen molar-refractivity contribution in [2.75, 3.05) is 5.75 Å². The maximum Gasteiger partial charge on any atom is 0.173 e. The van der Waals surface area contributed by atoms with E-state index >= 15 is 0 Å². The number of benzene rings is 1. The highest BCUT2D eigenvalue weighted by Crippen LogP contribution is 2.18. The van der Waals surface area contributed by atoms with Crippen molar-refractivity contribution in [3.63, 3.8) is 0 Å².